The Morgan fingerprint density at radius 3 is 3.05 bits per heavy atom. The van der Waals surface area contributed by atoms with Gasteiger partial charge in [-0.15, -0.1) is 11.3 Å². The Morgan fingerprint density at radius 2 is 2.32 bits per heavy atom. The molecule has 2 aromatic rings. The molecule has 3 rings (SSSR count). The van der Waals surface area contributed by atoms with Crippen molar-refractivity contribution in [2.24, 2.45) is 5.73 Å². The molecule has 0 aliphatic carbocycles. The number of fused-ring (bicyclic) bond motifs is 1. The number of hydrogen-bond donors (Lipinski definition) is 1. The van der Waals surface area contributed by atoms with Crippen molar-refractivity contribution in [1.82, 2.24) is 4.98 Å². The van der Waals surface area contributed by atoms with Crippen molar-refractivity contribution in [3.8, 4) is 0 Å². The molecule has 0 saturated carbocycles. The molecule has 5 heteroatoms. The van der Waals surface area contributed by atoms with Crippen LogP contribution in [0.15, 0.2) is 29.6 Å². The summed E-state index contributed by atoms with van der Waals surface area (Å²) in [5.41, 5.74) is 8.26. The van der Waals surface area contributed by atoms with Gasteiger partial charge >= 0.3 is 0 Å². The summed E-state index contributed by atoms with van der Waals surface area (Å²) in [6, 6.07) is 8.05. The maximum Gasteiger partial charge on any atom is 0.277 e. The van der Waals surface area contributed by atoms with E-state index in [2.05, 4.69) is 18.0 Å². The fourth-order valence-electron chi connectivity index (χ4n) is 2.45. The summed E-state index contributed by atoms with van der Waals surface area (Å²) in [4.78, 5) is 18.6. The first-order valence-corrected chi connectivity index (χ1v) is 7.14. The number of carbonyl (C=O) groups excluding carboxylic acids is 1. The first-order chi connectivity index (χ1) is 9.20. The quantitative estimate of drug-likeness (QED) is 0.913. The van der Waals surface area contributed by atoms with E-state index in [-0.39, 0.29) is 5.91 Å². The van der Waals surface area contributed by atoms with Crippen molar-refractivity contribution in [1.29, 1.82) is 0 Å². The van der Waals surface area contributed by atoms with E-state index in [9.17, 15) is 4.79 Å². The average molecular weight is 273 g/mol. The van der Waals surface area contributed by atoms with Gasteiger partial charge in [-0.25, -0.2) is 4.98 Å². The normalized spacial score (nSPS) is 17.6. The van der Waals surface area contributed by atoms with Gasteiger partial charge in [-0.05, 0) is 11.6 Å². The summed E-state index contributed by atoms with van der Waals surface area (Å²) in [5.74, 6) is 0.334. The second kappa shape index (κ2) is 4.75. The molecule has 0 fully saturated rings. The summed E-state index contributed by atoms with van der Waals surface area (Å²) in [5, 5.41) is 2.58. The van der Waals surface area contributed by atoms with Crippen molar-refractivity contribution in [2.75, 3.05) is 11.4 Å². The van der Waals surface area contributed by atoms with Crippen LogP contribution >= 0.6 is 11.3 Å². The molecule has 98 valence electrons. The van der Waals surface area contributed by atoms with Crippen LogP contribution in [0.1, 0.15) is 33.9 Å². The second-order valence-corrected chi connectivity index (χ2v) is 5.65. The molecule has 1 amide bonds. The van der Waals surface area contributed by atoms with Crippen molar-refractivity contribution >= 4 is 22.9 Å². The molecule has 19 heavy (non-hydrogen) atoms. The van der Waals surface area contributed by atoms with Crippen LogP contribution in [0.2, 0.25) is 0 Å². The zero-order valence-corrected chi connectivity index (χ0v) is 11.5. The molecule has 2 N–H and O–H groups in total. The Morgan fingerprint density at radius 1 is 1.53 bits per heavy atom. The fourth-order valence-corrected chi connectivity index (χ4v) is 3.10. The zero-order valence-electron chi connectivity index (χ0n) is 10.7. The Bertz CT molecular complexity index is 623. The molecule has 0 radical (unpaired) electrons. The lowest BCUT2D eigenvalue weighted by Crippen LogP contribution is -2.29. The largest absolute Gasteiger partial charge is 0.325 e. The zero-order chi connectivity index (χ0) is 13.4. The first-order valence-electron chi connectivity index (χ1n) is 6.26. The number of nitrogens with zero attached hydrogens (tertiary/aromatic N) is 2. The van der Waals surface area contributed by atoms with Gasteiger partial charge in [0.15, 0.2) is 0 Å². The van der Waals surface area contributed by atoms with Crippen LogP contribution in [0.4, 0.5) is 5.69 Å². The predicted molar refractivity (Wildman–Crippen MR) is 76.5 cm³/mol. The molecule has 1 aromatic carbocycles. The van der Waals surface area contributed by atoms with Crippen molar-refractivity contribution in [3.05, 3.63) is 45.9 Å². The fraction of sp³-hybridized carbons (Fsp3) is 0.286. The minimum absolute atomic E-state index is 0.0345. The van der Waals surface area contributed by atoms with E-state index in [0.717, 1.165) is 10.7 Å². The Kier molecular flexibility index (Phi) is 3.08. The molecule has 2 heterocycles. The van der Waals surface area contributed by atoms with Crippen LogP contribution in [0.3, 0.4) is 0 Å². The van der Waals surface area contributed by atoms with Gasteiger partial charge < -0.3 is 10.6 Å². The summed E-state index contributed by atoms with van der Waals surface area (Å²) in [7, 11) is 0. The van der Waals surface area contributed by atoms with Crippen LogP contribution < -0.4 is 10.6 Å². The number of nitrogens with two attached hydrogens (primary N) is 1. The number of carbonyl (C=O) groups is 1. The Hall–Kier alpha value is -1.72. The van der Waals surface area contributed by atoms with E-state index in [0.29, 0.717) is 24.7 Å². The molecule has 1 atom stereocenters. The van der Waals surface area contributed by atoms with E-state index in [1.807, 2.05) is 23.1 Å². The van der Waals surface area contributed by atoms with E-state index < -0.39 is 0 Å². The topological polar surface area (TPSA) is 59.2 Å². The minimum Gasteiger partial charge on any atom is -0.325 e. The van der Waals surface area contributed by atoms with Gasteiger partial charge in [-0.3, -0.25) is 4.79 Å². The van der Waals surface area contributed by atoms with Crippen LogP contribution in [0, 0.1) is 0 Å². The number of amides is 1. The van der Waals surface area contributed by atoms with E-state index >= 15 is 0 Å². The number of anilines is 1. The summed E-state index contributed by atoms with van der Waals surface area (Å²) in [6.45, 7) is 3.23. The van der Waals surface area contributed by atoms with E-state index in [4.69, 9.17) is 5.73 Å². The van der Waals surface area contributed by atoms with Gasteiger partial charge in [0.05, 0.1) is 0 Å². The lowest BCUT2D eigenvalue weighted by molar-refractivity contribution is 0.0984. The number of rotatable bonds is 2. The predicted octanol–water partition coefficient (Wildman–Crippen LogP) is 2.37. The number of hydrogen-bond acceptors (Lipinski definition) is 4. The van der Waals surface area contributed by atoms with Crippen molar-refractivity contribution in [2.45, 2.75) is 19.4 Å². The second-order valence-electron chi connectivity index (χ2n) is 4.71. The standard InChI is InChI=1S/C14H15N3OS/c1-9-7-17(12-5-3-2-4-10(9)12)14(18)11-8-19-13(6-15)16-11/h2-5,8-9H,6-7,15H2,1H3/t9-/m1/s1. The highest BCUT2D eigenvalue weighted by Crippen LogP contribution is 2.36. The summed E-state index contributed by atoms with van der Waals surface area (Å²) >= 11 is 1.44. The van der Waals surface area contributed by atoms with E-state index in [1.54, 1.807) is 5.38 Å². The number of benzene rings is 1. The molecule has 0 saturated heterocycles. The number of aromatic nitrogens is 1. The molecule has 4 nitrogen and oxygen atoms in total. The van der Waals surface area contributed by atoms with Crippen molar-refractivity contribution in [3.63, 3.8) is 0 Å². The highest BCUT2D eigenvalue weighted by atomic mass is 32.1. The molecule has 0 unspecified atom stereocenters. The molecule has 1 aliphatic heterocycles. The SMILES string of the molecule is C[C@@H]1CN(C(=O)c2csc(CN)n2)c2ccccc21. The van der Waals surface area contributed by atoms with Crippen LogP contribution in [0.5, 0.6) is 0 Å². The van der Waals surface area contributed by atoms with Crippen LogP contribution in [-0.4, -0.2) is 17.4 Å². The Labute approximate surface area is 115 Å². The smallest absolute Gasteiger partial charge is 0.277 e. The minimum atomic E-state index is -0.0345. The third-order valence-electron chi connectivity index (χ3n) is 3.41. The molecule has 0 spiro atoms. The summed E-state index contributed by atoms with van der Waals surface area (Å²) < 4.78 is 0. The highest BCUT2D eigenvalue weighted by molar-refractivity contribution is 7.09. The van der Waals surface area contributed by atoms with Crippen LogP contribution in [-0.2, 0) is 6.54 Å². The number of para-hydroxylation sites is 1. The number of thiazole rings is 1. The maximum absolute atomic E-state index is 12.5. The maximum atomic E-state index is 12.5. The van der Waals surface area contributed by atoms with Crippen molar-refractivity contribution < 1.29 is 4.79 Å². The monoisotopic (exact) mass is 273 g/mol. The highest BCUT2D eigenvalue weighted by Gasteiger charge is 2.30. The molecular weight excluding hydrogens is 258 g/mol. The summed E-state index contributed by atoms with van der Waals surface area (Å²) in [6.07, 6.45) is 0. The van der Waals surface area contributed by atoms with Crippen LogP contribution in [0.25, 0.3) is 0 Å². The van der Waals surface area contributed by atoms with Gasteiger partial charge in [-0.2, -0.15) is 0 Å². The average Bonchev–Trinajstić information content (AvgIpc) is 3.04. The lowest BCUT2D eigenvalue weighted by atomic mass is 10.0. The third-order valence-corrected chi connectivity index (χ3v) is 4.28. The van der Waals surface area contributed by atoms with Gasteiger partial charge in [0, 0.05) is 30.1 Å². The van der Waals surface area contributed by atoms with Gasteiger partial charge in [0.25, 0.3) is 5.91 Å². The molecule has 0 bridgehead atoms. The van der Waals surface area contributed by atoms with Gasteiger partial charge in [-0.1, -0.05) is 25.1 Å². The first kappa shape index (κ1) is 12.3. The third kappa shape index (κ3) is 2.05. The van der Waals surface area contributed by atoms with E-state index in [1.165, 1.54) is 16.9 Å². The molecule has 1 aliphatic rings. The molecular formula is C14H15N3OS. The Balaban J connectivity index is 1.93. The van der Waals surface area contributed by atoms with Gasteiger partial charge in [0.1, 0.15) is 10.7 Å². The molecule has 1 aromatic heterocycles. The lowest BCUT2D eigenvalue weighted by Gasteiger charge is -2.16. The van der Waals surface area contributed by atoms with Gasteiger partial charge in [0.2, 0.25) is 0 Å².